The van der Waals surface area contributed by atoms with Gasteiger partial charge in [0.15, 0.2) is 6.10 Å². The van der Waals surface area contributed by atoms with Crippen LogP contribution in [0.2, 0.25) is 0 Å². The Morgan fingerprint density at radius 2 is 1.34 bits per heavy atom. The Bertz CT molecular complexity index is 419. The molecule has 29 heavy (non-hydrogen) atoms. The maximum absolute atomic E-state index is 11.7. The van der Waals surface area contributed by atoms with Gasteiger partial charge in [-0.1, -0.05) is 77.4 Å². The second-order valence-electron chi connectivity index (χ2n) is 7.67. The Balaban J connectivity index is 3.44. The van der Waals surface area contributed by atoms with Crippen LogP contribution in [0.5, 0.6) is 0 Å². The lowest BCUT2D eigenvalue weighted by Gasteiger charge is -2.15. The molecule has 0 spiro atoms. The lowest BCUT2D eigenvalue weighted by Crippen LogP contribution is -2.28. The van der Waals surface area contributed by atoms with Gasteiger partial charge in [-0.15, -0.1) is 0 Å². The van der Waals surface area contributed by atoms with Gasteiger partial charge in [-0.25, -0.2) is 0 Å². The fraction of sp³-hybridized carbons (Fsp3) is 0.833. The average molecular weight is 413 g/mol. The molecule has 0 aromatic heterocycles. The molecule has 170 valence electrons. The fourth-order valence-electron chi connectivity index (χ4n) is 2.99. The zero-order chi connectivity index (χ0) is 21.6. The largest absolute Gasteiger partial charge is 0.462 e. The molecule has 5 nitrogen and oxygen atoms in total. The quantitative estimate of drug-likeness (QED) is 0.153. The summed E-state index contributed by atoms with van der Waals surface area (Å²) in [5.74, 6) is -0.703. The number of aliphatic hydroxyl groups excluding tert-OH is 1. The number of rotatable bonds is 20. The van der Waals surface area contributed by atoms with Gasteiger partial charge in [0, 0.05) is 12.8 Å². The summed E-state index contributed by atoms with van der Waals surface area (Å²) in [6.07, 6.45) is 20.3. The number of unbranched alkanes of at least 4 members (excludes halogenated alkanes) is 11. The summed E-state index contributed by atoms with van der Waals surface area (Å²) >= 11 is 0. The van der Waals surface area contributed by atoms with Gasteiger partial charge in [0.1, 0.15) is 6.61 Å². The second kappa shape index (κ2) is 21.4. The average Bonchev–Trinajstić information content (AvgIpc) is 2.73. The lowest BCUT2D eigenvalue weighted by atomic mass is 10.1. The van der Waals surface area contributed by atoms with Crippen molar-refractivity contribution in [3.63, 3.8) is 0 Å². The van der Waals surface area contributed by atoms with Crippen molar-refractivity contribution in [3.05, 3.63) is 12.2 Å². The standard InChI is InChI=1S/C24H44O5/c1-3-5-6-7-8-9-10-11-12-13-14-15-16-17-18-19-24(27)28-21-22(20-25)29-23(26)4-2/h11-12,22,25H,3-10,13-21H2,1-2H3/b12-11-. The van der Waals surface area contributed by atoms with E-state index in [2.05, 4.69) is 19.1 Å². The maximum Gasteiger partial charge on any atom is 0.305 e. The number of allylic oxidation sites excluding steroid dienone is 2. The summed E-state index contributed by atoms with van der Waals surface area (Å²) in [7, 11) is 0. The highest BCUT2D eigenvalue weighted by atomic mass is 16.6. The molecule has 0 aromatic rings. The molecule has 0 amide bonds. The third-order valence-corrected chi connectivity index (χ3v) is 4.86. The van der Waals surface area contributed by atoms with E-state index in [1.165, 1.54) is 57.8 Å². The summed E-state index contributed by atoms with van der Waals surface area (Å²) in [5, 5.41) is 9.13. The molecule has 0 aliphatic rings. The molecule has 0 aliphatic heterocycles. The van der Waals surface area contributed by atoms with E-state index in [4.69, 9.17) is 14.6 Å². The summed E-state index contributed by atoms with van der Waals surface area (Å²) < 4.78 is 10.0. The van der Waals surface area contributed by atoms with Crippen LogP contribution in [0, 0.1) is 0 Å². The van der Waals surface area contributed by atoms with Gasteiger partial charge in [-0.05, 0) is 32.1 Å². The van der Waals surface area contributed by atoms with Crippen molar-refractivity contribution < 1.29 is 24.2 Å². The molecule has 0 fully saturated rings. The molecule has 0 saturated carbocycles. The van der Waals surface area contributed by atoms with Crippen LogP contribution < -0.4 is 0 Å². The third kappa shape index (κ3) is 19.7. The van der Waals surface area contributed by atoms with Crippen LogP contribution in [0.15, 0.2) is 12.2 Å². The minimum atomic E-state index is -0.763. The van der Waals surface area contributed by atoms with Crippen LogP contribution in [-0.2, 0) is 19.1 Å². The smallest absolute Gasteiger partial charge is 0.305 e. The number of esters is 2. The predicted molar refractivity (Wildman–Crippen MR) is 118 cm³/mol. The first-order chi connectivity index (χ1) is 14.1. The van der Waals surface area contributed by atoms with Crippen molar-refractivity contribution in [1.82, 2.24) is 0 Å². The Hall–Kier alpha value is -1.36. The molecule has 0 radical (unpaired) electrons. The monoisotopic (exact) mass is 412 g/mol. The van der Waals surface area contributed by atoms with Crippen LogP contribution in [0.3, 0.4) is 0 Å². The van der Waals surface area contributed by atoms with E-state index in [1.807, 2.05) is 0 Å². The SMILES string of the molecule is CCCCCCCC/C=C\CCCCCCCC(=O)OCC(CO)OC(=O)CC. The Morgan fingerprint density at radius 1 is 0.793 bits per heavy atom. The molecule has 0 bridgehead atoms. The zero-order valence-electron chi connectivity index (χ0n) is 18.8. The molecule has 0 rings (SSSR count). The molecule has 0 saturated heterocycles. The summed E-state index contributed by atoms with van der Waals surface area (Å²) in [6.45, 7) is 3.51. The van der Waals surface area contributed by atoms with E-state index in [-0.39, 0.29) is 25.6 Å². The minimum Gasteiger partial charge on any atom is -0.462 e. The van der Waals surface area contributed by atoms with E-state index in [1.54, 1.807) is 6.92 Å². The summed E-state index contributed by atoms with van der Waals surface area (Å²) in [5.41, 5.74) is 0. The molecule has 0 aromatic carbocycles. The van der Waals surface area contributed by atoms with Gasteiger partial charge < -0.3 is 14.6 Å². The van der Waals surface area contributed by atoms with E-state index >= 15 is 0 Å². The van der Waals surface area contributed by atoms with E-state index < -0.39 is 12.1 Å². The van der Waals surface area contributed by atoms with Crippen molar-refractivity contribution in [2.24, 2.45) is 0 Å². The van der Waals surface area contributed by atoms with Gasteiger partial charge in [-0.2, -0.15) is 0 Å². The normalized spacial score (nSPS) is 12.2. The van der Waals surface area contributed by atoms with Gasteiger partial charge in [-0.3, -0.25) is 9.59 Å². The highest BCUT2D eigenvalue weighted by Crippen LogP contribution is 2.10. The minimum absolute atomic E-state index is 0.0772. The topological polar surface area (TPSA) is 72.8 Å². The van der Waals surface area contributed by atoms with Crippen LogP contribution >= 0.6 is 0 Å². The van der Waals surface area contributed by atoms with Crippen molar-refractivity contribution in [3.8, 4) is 0 Å². The first-order valence-electron chi connectivity index (χ1n) is 11.7. The molecule has 1 unspecified atom stereocenters. The lowest BCUT2D eigenvalue weighted by molar-refractivity contribution is -0.161. The van der Waals surface area contributed by atoms with Crippen LogP contribution in [0.1, 0.15) is 110 Å². The third-order valence-electron chi connectivity index (χ3n) is 4.86. The molecule has 0 heterocycles. The summed E-state index contributed by atoms with van der Waals surface area (Å²) in [4.78, 5) is 22.9. The summed E-state index contributed by atoms with van der Waals surface area (Å²) in [6, 6.07) is 0. The maximum atomic E-state index is 11.7. The number of hydrogen-bond acceptors (Lipinski definition) is 5. The molecule has 5 heteroatoms. The Kier molecular flexibility index (Phi) is 20.3. The van der Waals surface area contributed by atoms with E-state index in [0.717, 1.165) is 25.7 Å². The van der Waals surface area contributed by atoms with Crippen molar-refractivity contribution in [2.75, 3.05) is 13.2 Å². The fourth-order valence-corrected chi connectivity index (χ4v) is 2.99. The predicted octanol–water partition coefficient (Wildman–Crippen LogP) is 5.88. The van der Waals surface area contributed by atoms with Gasteiger partial charge in [0.2, 0.25) is 0 Å². The number of hydrogen-bond donors (Lipinski definition) is 1. The Morgan fingerprint density at radius 3 is 1.90 bits per heavy atom. The van der Waals surface area contributed by atoms with Crippen molar-refractivity contribution in [2.45, 2.75) is 116 Å². The first kappa shape index (κ1) is 27.6. The molecule has 1 atom stereocenters. The number of carbonyl (C=O) groups excluding carboxylic acids is 2. The number of ether oxygens (including phenoxy) is 2. The highest BCUT2D eigenvalue weighted by molar-refractivity contribution is 5.70. The van der Waals surface area contributed by atoms with Gasteiger partial charge in [0.25, 0.3) is 0 Å². The van der Waals surface area contributed by atoms with Crippen LogP contribution in [0.25, 0.3) is 0 Å². The molecule has 1 N–H and O–H groups in total. The molecule has 0 aliphatic carbocycles. The second-order valence-corrected chi connectivity index (χ2v) is 7.67. The van der Waals surface area contributed by atoms with Gasteiger partial charge >= 0.3 is 11.9 Å². The molecular weight excluding hydrogens is 368 g/mol. The van der Waals surface area contributed by atoms with Gasteiger partial charge in [0.05, 0.1) is 6.61 Å². The highest BCUT2D eigenvalue weighted by Gasteiger charge is 2.14. The molecular formula is C24H44O5. The van der Waals surface area contributed by atoms with E-state index in [0.29, 0.717) is 6.42 Å². The number of carbonyl (C=O) groups is 2. The van der Waals surface area contributed by atoms with Crippen LogP contribution in [0.4, 0.5) is 0 Å². The van der Waals surface area contributed by atoms with E-state index in [9.17, 15) is 9.59 Å². The zero-order valence-corrected chi connectivity index (χ0v) is 18.8. The Labute approximate surface area is 178 Å². The van der Waals surface area contributed by atoms with Crippen molar-refractivity contribution >= 4 is 11.9 Å². The number of aliphatic hydroxyl groups is 1. The van der Waals surface area contributed by atoms with Crippen molar-refractivity contribution in [1.29, 1.82) is 0 Å². The first-order valence-corrected chi connectivity index (χ1v) is 11.7. The van der Waals surface area contributed by atoms with Crippen LogP contribution in [-0.4, -0.2) is 36.4 Å².